The molecule has 2 aromatic heterocycles. The first-order valence-electron chi connectivity index (χ1n) is 11.4. The van der Waals surface area contributed by atoms with Crippen LogP contribution in [0.3, 0.4) is 0 Å². The summed E-state index contributed by atoms with van der Waals surface area (Å²) < 4.78 is 15.4. The van der Waals surface area contributed by atoms with Gasteiger partial charge in [0.1, 0.15) is 5.60 Å². The van der Waals surface area contributed by atoms with Crippen LogP contribution in [-0.4, -0.2) is 54.9 Å². The number of carbonyl (C=O) groups excluding carboxylic acids is 1. The minimum Gasteiger partial charge on any atom is -0.444 e. The average molecular weight is 576 g/mol. The Morgan fingerprint density at radius 1 is 1.00 bits per heavy atom. The number of amides is 1. The molecule has 186 valence electrons. The Morgan fingerprint density at radius 3 is 2.12 bits per heavy atom. The van der Waals surface area contributed by atoms with E-state index in [1.807, 2.05) is 32.6 Å². The van der Waals surface area contributed by atoms with Gasteiger partial charge in [0.15, 0.2) is 11.6 Å². The van der Waals surface area contributed by atoms with Crippen LogP contribution in [0.5, 0.6) is 0 Å². The first-order chi connectivity index (χ1) is 15.7. The zero-order chi connectivity index (χ0) is 24.4. The van der Waals surface area contributed by atoms with Gasteiger partial charge in [-0.1, -0.05) is 39.3 Å². The van der Waals surface area contributed by atoms with Gasteiger partial charge in [0.2, 0.25) is 11.8 Å². The van der Waals surface area contributed by atoms with E-state index in [1.54, 1.807) is 11.8 Å². The topological polar surface area (TPSA) is 119 Å². The number of rotatable bonds is 2. The normalized spacial score (nSPS) is 20.8. The fraction of sp³-hybridized carbons (Fsp3) is 0.773. The van der Waals surface area contributed by atoms with Crippen LogP contribution in [0.25, 0.3) is 0 Å². The second kappa shape index (κ2) is 13.2. The van der Waals surface area contributed by atoms with Crippen molar-refractivity contribution in [2.24, 2.45) is 0 Å². The number of alkyl halides is 1. The molecule has 2 fully saturated rings. The number of likely N-dealkylation sites (tertiary alicyclic amines) is 1. The quantitative estimate of drug-likeness (QED) is 0.385. The number of piperidine rings is 2. The SMILES string of the molecule is CI.Cc1nc(C2CCCCN2)no1.Cc1nc(C2CCCCN2C(=O)OC(C)(C)C)no1. The smallest absolute Gasteiger partial charge is 0.410 e. The summed E-state index contributed by atoms with van der Waals surface area (Å²) in [7, 11) is 0. The third kappa shape index (κ3) is 8.84. The van der Waals surface area contributed by atoms with Crippen molar-refractivity contribution in [1.82, 2.24) is 30.5 Å². The van der Waals surface area contributed by atoms with Crippen molar-refractivity contribution in [2.75, 3.05) is 18.0 Å². The molecule has 2 aliphatic rings. The molecule has 1 amide bonds. The van der Waals surface area contributed by atoms with Crippen LogP contribution in [-0.2, 0) is 4.74 Å². The Labute approximate surface area is 209 Å². The van der Waals surface area contributed by atoms with Crippen molar-refractivity contribution in [3.63, 3.8) is 0 Å². The molecular weight excluding hydrogens is 539 g/mol. The Morgan fingerprint density at radius 2 is 1.61 bits per heavy atom. The number of nitrogens with zero attached hydrogens (tertiary/aromatic N) is 5. The molecule has 4 rings (SSSR count). The molecule has 33 heavy (non-hydrogen) atoms. The lowest BCUT2D eigenvalue weighted by atomic mass is 10.0. The van der Waals surface area contributed by atoms with Gasteiger partial charge >= 0.3 is 6.09 Å². The van der Waals surface area contributed by atoms with Crippen molar-refractivity contribution in [2.45, 2.75) is 90.8 Å². The number of ether oxygens (including phenoxy) is 1. The lowest BCUT2D eigenvalue weighted by Gasteiger charge is -2.35. The van der Waals surface area contributed by atoms with Gasteiger partial charge in [-0.2, -0.15) is 9.97 Å². The van der Waals surface area contributed by atoms with Gasteiger partial charge < -0.3 is 19.1 Å². The van der Waals surface area contributed by atoms with Gasteiger partial charge in [0.25, 0.3) is 0 Å². The number of hydrogen-bond donors (Lipinski definition) is 1. The highest BCUT2D eigenvalue weighted by molar-refractivity contribution is 14.1. The molecule has 0 aromatic carbocycles. The number of aryl methyl sites for hydroxylation is 2. The molecule has 2 aromatic rings. The zero-order valence-corrected chi connectivity index (χ0v) is 22.7. The van der Waals surface area contributed by atoms with E-state index >= 15 is 0 Å². The first-order valence-corrected chi connectivity index (χ1v) is 13.6. The maximum atomic E-state index is 12.2. The van der Waals surface area contributed by atoms with E-state index in [1.165, 1.54) is 12.8 Å². The highest BCUT2D eigenvalue weighted by Gasteiger charge is 2.34. The third-order valence-corrected chi connectivity index (χ3v) is 5.14. The minimum atomic E-state index is -0.494. The van der Waals surface area contributed by atoms with Crippen LogP contribution < -0.4 is 5.32 Å². The van der Waals surface area contributed by atoms with Crippen LogP contribution in [0.15, 0.2) is 9.05 Å². The van der Waals surface area contributed by atoms with Crippen molar-refractivity contribution in [3.05, 3.63) is 23.4 Å². The largest absolute Gasteiger partial charge is 0.444 e. The molecule has 2 saturated heterocycles. The number of hydrogen-bond acceptors (Lipinski definition) is 9. The van der Waals surface area contributed by atoms with Crippen LogP contribution in [0.2, 0.25) is 0 Å². The zero-order valence-electron chi connectivity index (χ0n) is 20.6. The van der Waals surface area contributed by atoms with Crippen LogP contribution >= 0.6 is 22.6 Å². The minimum absolute atomic E-state index is 0.138. The van der Waals surface area contributed by atoms with Gasteiger partial charge in [-0.15, -0.1) is 0 Å². The predicted molar refractivity (Wildman–Crippen MR) is 132 cm³/mol. The molecule has 1 N–H and O–H groups in total. The summed E-state index contributed by atoms with van der Waals surface area (Å²) in [4.78, 5) is 24.3. The second-order valence-electron chi connectivity index (χ2n) is 9.03. The summed E-state index contributed by atoms with van der Waals surface area (Å²) >= 11 is 2.15. The lowest BCUT2D eigenvalue weighted by Crippen LogP contribution is -2.42. The molecule has 10 nitrogen and oxygen atoms in total. The summed E-state index contributed by atoms with van der Waals surface area (Å²) in [6.07, 6.45) is 6.21. The van der Waals surface area contributed by atoms with Gasteiger partial charge in [-0.05, 0) is 64.4 Å². The standard InChI is InChI=1S/C13H21N3O3.C8H13N3O.CH3I/c1-9-14-11(15-19-9)10-7-5-6-8-16(10)12(17)18-13(2,3)4;1-6-10-8(11-12-6)7-4-2-3-5-9-7;1-2/h10H,5-8H2,1-4H3;7,9H,2-5H2,1H3;1H3. The van der Waals surface area contributed by atoms with E-state index in [2.05, 4.69) is 48.2 Å². The average Bonchev–Trinajstić information content (AvgIpc) is 3.43. The van der Waals surface area contributed by atoms with E-state index < -0.39 is 5.60 Å². The summed E-state index contributed by atoms with van der Waals surface area (Å²) in [6.45, 7) is 10.9. The fourth-order valence-corrected chi connectivity index (χ4v) is 3.72. The number of nitrogens with one attached hydrogen (secondary N) is 1. The molecule has 0 aliphatic carbocycles. The van der Waals surface area contributed by atoms with Crippen LogP contribution in [0, 0.1) is 13.8 Å². The van der Waals surface area contributed by atoms with Crippen LogP contribution in [0.1, 0.15) is 94.8 Å². The van der Waals surface area contributed by atoms with Gasteiger partial charge in [0, 0.05) is 20.4 Å². The molecule has 11 heteroatoms. The van der Waals surface area contributed by atoms with E-state index in [0.29, 0.717) is 30.2 Å². The van der Waals surface area contributed by atoms with E-state index in [9.17, 15) is 4.79 Å². The molecular formula is C22H37IN6O4. The summed E-state index contributed by atoms with van der Waals surface area (Å²) in [5.41, 5.74) is -0.494. The molecule has 2 aliphatic heterocycles. The fourth-order valence-electron chi connectivity index (χ4n) is 3.72. The molecule has 0 saturated carbocycles. The molecule has 2 unspecified atom stereocenters. The molecule has 0 spiro atoms. The number of aromatic nitrogens is 4. The lowest BCUT2D eigenvalue weighted by molar-refractivity contribution is 0.00821. The highest BCUT2D eigenvalue weighted by Crippen LogP contribution is 2.30. The van der Waals surface area contributed by atoms with Gasteiger partial charge in [-0.3, -0.25) is 4.90 Å². The monoisotopic (exact) mass is 576 g/mol. The predicted octanol–water partition coefficient (Wildman–Crippen LogP) is 5.08. The highest BCUT2D eigenvalue weighted by atomic mass is 127. The van der Waals surface area contributed by atoms with E-state index in [0.717, 1.165) is 38.1 Å². The molecule has 0 bridgehead atoms. The maximum absolute atomic E-state index is 12.2. The Kier molecular flexibility index (Phi) is 11.0. The Hall–Kier alpha value is -1.76. The second-order valence-corrected chi connectivity index (χ2v) is 9.03. The van der Waals surface area contributed by atoms with Crippen LogP contribution in [0.4, 0.5) is 4.79 Å². The van der Waals surface area contributed by atoms with E-state index in [4.69, 9.17) is 13.8 Å². The molecule has 2 atom stereocenters. The summed E-state index contributed by atoms with van der Waals surface area (Å²) in [6, 6.07) is 0.178. The third-order valence-electron chi connectivity index (χ3n) is 5.14. The van der Waals surface area contributed by atoms with Gasteiger partial charge in [0.05, 0.1) is 12.1 Å². The number of halogens is 1. The van der Waals surface area contributed by atoms with Gasteiger partial charge in [-0.25, -0.2) is 4.79 Å². The van der Waals surface area contributed by atoms with Crippen molar-refractivity contribution in [3.8, 4) is 0 Å². The van der Waals surface area contributed by atoms with Crippen molar-refractivity contribution >= 4 is 28.7 Å². The number of carbonyl (C=O) groups is 1. The van der Waals surface area contributed by atoms with E-state index in [-0.39, 0.29) is 12.1 Å². The Balaban J connectivity index is 0.000000236. The summed E-state index contributed by atoms with van der Waals surface area (Å²) in [5.74, 6) is 2.55. The maximum Gasteiger partial charge on any atom is 0.410 e. The molecule has 0 radical (unpaired) electrons. The first kappa shape index (κ1) is 27.5. The van der Waals surface area contributed by atoms with Crippen molar-refractivity contribution in [1.29, 1.82) is 0 Å². The molecule has 4 heterocycles. The summed E-state index contributed by atoms with van der Waals surface area (Å²) in [5, 5.41) is 11.2. The van der Waals surface area contributed by atoms with Crippen molar-refractivity contribution < 1.29 is 18.6 Å². The Bertz CT molecular complexity index is 844.